The average Bonchev–Trinajstić information content (AvgIpc) is 2.26. The van der Waals surface area contributed by atoms with Crippen LogP contribution in [0.2, 0.25) is 0 Å². The Balaban J connectivity index is 1.96. The van der Waals surface area contributed by atoms with Gasteiger partial charge in [0, 0.05) is 0 Å². The molecule has 16 heavy (non-hydrogen) atoms. The first-order chi connectivity index (χ1) is 7.59. The summed E-state index contributed by atoms with van der Waals surface area (Å²) in [6.45, 7) is 9.93. The standard InChI is InChI=1S/C16H30/c1-11-8-9-15(10-13(11)3)16-7-5-6-12(2)14(16)4/h11-16H,5-10H2,1-4H3. The summed E-state index contributed by atoms with van der Waals surface area (Å²) in [7, 11) is 0. The number of hydrogen-bond acceptors (Lipinski definition) is 0. The van der Waals surface area contributed by atoms with Crippen LogP contribution >= 0.6 is 0 Å². The van der Waals surface area contributed by atoms with Crippen molar-refractivity contribution >= 4 is 0 Å². The van der Waals surface area contributed by atoms with E-state index >= 15 is 0 Å². The van der Waals surface area contributed by atoms with Gasteiger partial charge in [-0.15, -0.1) is 0 Å². The van der Waals surface area contributed by atoms with E-state index in [9.17, 15) is 0 Å². The number of hydrogen-bond donors (Lipinski definition) is 0. The predicted molar refractivity (Wildman–Crippen MR) is 71.3 cm³/mol. The van der Waals surface area contributed by atoms with Crippen LogP contribution < -0.4 is 0 Å². The Kier molecular flexibility index (Phi) is 3.97. The highest BCUT2D eigenvalue weighted by molar-refractivity contribution is 4.86. The van der Waals surface area contributed by atoms with Crippen LogP contribution in [0, 0.1) is 35.5 Å². The van der Waals surface area contributed by atoms with Crippen LogP contribution in [0.25, 0.3) is 0 Å². The average molecular weight is 222 g/mol. The summed E-state index contributed by atoms with van der Waals surface area (Å²) in [5.74, 6) is 6.03. The predicted octanol–water partition coefficient (Wildman–Crippen LogP) is 5.13. The van der Waals surface area contributed by atoms with Crippen molar-refractivity contribution in [3.8, 4) is 0 Å². The lowest BCUT2D eigenvalue weighted by Gasteiger charge is -2.43. The zero-order valence-corrected chi connectivity index (χ0v) is 11.7. The highest BCUT2D eigenvalue weighted by Gasteiger charge is 2.36. The highest BCUT2D eigenvalue weighted by atomic mass is 14.4. The maximum Gasteiger partial charge on any atom is -0.0357 e. The van der Waals surface area contributed by atoms with Gasteiger partial charge in [0.05, 0.1) is 0 Å². The molecule has 2 saturated carbocycles. The lowest BCUT2D eigenvalue weighted by atomic mass is 9.62. The maximum atomic E-state index is 2.52. The zero-order chi connectivity index (χ0) is 11.7. The molecule has 0 radical (unpaired) electrons. The molecule has 2 fully saturated rings. The molecular formula is C16H30. The lowest BCUT2D eigenvalue weighted by Crippen LogP contribution is -2.34. The van der Waals surface area contributed by atoms with Crippen molar-refractivity contribution in [3.05, 3.63) is 0 Å². The molecule has 2 aliphatic carbocycles. The minimum Gasteiger partial charge on any atom is -0.0623 e. The van der Waals surface area contributed by atoms with E-state index in [-0.39, 0.29) is 0 Å². The van der Waals surface area contributed by atoms with E-state index in [0.29, 0.717) is 0 Å². The van der Waals surface area contributed by atoms with Crippen LogP contribution in [0.1, 0.15) is 66.2 Å². The first kappa shape index (κ1) is 12.5. The molecule has 0 saturated heterocycles. The van der Waals surface area contributed by atoms with E-state index in [1.54, 1.807) is 0 Å². The summed E-state index contributed by atoms with van der Waals surface area (Å²) >= 11 is 0. The molecule has 0 heteroatoms. The van der Waals surface area contributed by atoms with E-state index in [1.165, 1.54) is 38.5 Å². The Morgan fingerprint density at radius 2 is 1.44 bits per heavy atom. The Morgan fingerprint density at radius 3 is 2.12 bits per heavy atom. The quantitative estimate of drug-likeness (QED) is 0.577. The molecule has 0 aromatic carbocycles. The summed E-state index contributed by atoms with van der Waals surface area (Å²) < 4.78 is 0. The van der Waals surface area contributed by atoms with E-state index in [0.717, 1.165) is 35.5 Å². The number of rotatable bonds is 1. The van der Waals surface area contributed by atoms with Gasteiger partial charge in [-0.25, -0.2) is 0 Å². The van der Waals surface area contributed by atoms with Gasteiger partial charge in [-0.05, 0) is 54.8 Å². The monoisotopic (exact) mass is 222 g/mol. The van der Waals surface area contributed by atoms with Crippen molar-refractivity contribution in [2.75, 3.05) is 0 Å². The van der Waals surface area contributed by atoms with Crippen molar-refractivity contribution < 1.29 is 0 Å². The van der Waals surface area contributed by atoms with Gasteiger partial charge in [0.25, 0.3) is 0 Å². The van der Waals surface area contributed by atoms with Crippen molar-refractivity contribution in [2.45, 2.75) is 66.2 Å². The molecule has 6 atom stereocenters. The molecule has 0 aliphatic heterocycles. The van der Waals surface area contributed by atoms with Crippen LogP contribution in [0.3, 0.4) is 0 Å². The Morgan fingerprint density at radius 1 is 0.688 bits per heavy atom. The Hall–Kier alpha value is 0. The van der Waals surface area contributed by atoms with Gasteiger partial charge in [-0.1, -0.05) is 47.0 Å². The van der Waals surface area contributed by atoms with Gasteiger partial charge in [0.1, 0.15) is 0 Å². The van der Waals surface area contributed by atoms with E-state index in [4.69, 9.17) is 0 Å². The first-order valence-electron chi connectivity index (χ1n) is 7.59. The smallest absolute Gasteiger partial charge is 0.0357 e. The molecule has 6 unspecified atom stereocenters. The zero-order valence-electron chi connectivity index (χ0n) is 11.7. The second-order valence-electron chi connectivity index (χ2n) is 6.96. The normalized spacial score (nSPS) is 50.2. The van der Waals surface area contributed by atoms with Crippen LogP contribution in [0.15, 0.2) is 0 Å². The van der Waals surface area contributed by atoms with E-state index in [1.807, 2.05) is 0 Å². The van der Waals surface area contributed by atoms with Crippen LogP contribution in [-0.4, -0.2) is 0 Å². The van der Waals surface area contributed by atoms with Crippen molar-refractivity contribution in [3.63, 3.8) is 0 Å². The largest absolute Gasteiger partial charge is 0.0623 e. The molecule has 0 N–H and O–H groups in total. The molecule has 0 aromatic heterocycles. The molecular weight excluding hydrogens is 192 g/mol. The summed E-state index contributed by atoms with van der Waals surface area (Å²) in [5.41, 5.74) is 0. The lowest BCUT2D eigenvalue weighted by molar-refractivity contribution is 0.0700. The summed E-state index contributed by atoms with van der Waals surface area (Å²) in [6, 6.07) is 0. The van der Waals surface area contributed by atoms with Gasteiger partial charge in [0.2, 0.25) is 0 Å². The minimum absolute atomic E-state index is 0.975. The van der Waals surface area contributed by atoms with E-state index < -0.39 is 0 Å². The summed E-state index contributed by atoms with van der Waals surface area (Å²) in [6.07, 6.45) is 9.03. The fourth-order valence-corrected chi connectivity index (χ4v) is 4.27. The van der Waals surface area contributed by atoms with Gasteiger partial charge < -0.3 is 0 Å². The van der Waals surface area contributed by atoms with Crippen LogP contribution in [0.5, 0.6) is 0 Å². The van der Waals surface area contributed by atoms with E-state index in [2.05, 4.69) is 27.7 Å². The molecule has 0 heterocycles. The molecule has 94 valence electrons. The Bertz CT molecular complexity index is 220. The fourth-order valence-electron chi connectivity index (χ4n) is 4.27. The van der Waals surface area contributed by atoms with Crippen molar-refractivity contribution in [1.29, 1.82) is 0 Å². The van der Waals surface area contributed by atoms with Gasteiger partial charge >= 0.3 is 0 Å². The second-order valence-corrected chi connectivity index (χ2v) is 6.96. The SMILES string of the molecule is CC1CCC(C2CCCC(C)C2C)CC1C. The summed E-state index contributed by atoms with van der Waals surface area (Å²) in [5, 5.41) is 0. The van der Waals surface area contributed by atoms with Gasteiger partial charge in [0.15, 0.2) is 0 Å². The van der Waals surface area contributed by atoms with Crippen molar-refractivity contribution in [1.82, 2.24) is 0 Å². The highest BCUT2D eigenvalue weighted by Crippen LogP contribution is 2.45. The molecule has 0 spiro atoms. The third-order valence-corrected chi connectivity index (χ3v) is 6.01. The third-order valence-electron chi connectivity index (χ3n) is 6.01. The molecule has 2 rings (SSSR count). The van der Waals surface area contributed by atoms with Crippen molar-refractivity contribution in [2.24, 2.45) is 35.5 Å². The second kappa shape index (κ2) is 5.10. The molecule has 0 nitrogen and oxygen atoms in total. The van der Waals surface area contributed by atoms with Gasteiger partial charge in [-0.2, -0.15) is 0 Å². The molecule has 0 amide bonds. The molecule has 0 bridgehead atoms. The first-order valence-corrected chi connectivity index (χ1v) is 7.59. The molecule has 0 aromatic rings. The summed E-state index contributed by atoms with van der Waals surface area (Å²) in [4.78, 5) is 0. The van der Waals surface area contributed by atoms with Gasteiger partial charge in [-0.3, -0.25) is 0 Å². The molecule has 2 aliphatic rings. The topological polar surface area (TPSA) is 0 Å². The maximum absolute atomic E-state index is 2.52. The third kappa shape index (κ3) is 2.46. The fraction of sp³-hybridized carbons (Fsp3) is 1.00. The van der Waals surface area contributed by atoms with Crippen LogP contribution in [0.4, 0.5) is 0 Å². The van der Waals surface area contributed by atoms with Crippen LogP contribution in [-0.2, 0) is 0 Å². The minimum atomic E-state index is 0.975. The Labute approximate surface area is 102 Å².